The SMILES string of the molecule is O=S(=O)(Nc1ncc[nH]1)c1cccc(C#CCCO)c1. The summed E-state index contributed by atoms with van der Waals surface area (Å²) < 4.78 is 26.6. The van der Waals surface area contributed by atoms with Crippen molar-refractivity contribution in [3.63, 3.8) is 0 Å². The van der Waals surface area contributed by atoms with Crippen molar-refractivity contribution in [1.29, 1.82) is 0 Å². The highest BCUT2D eigenvalue weighted by Gasteiger charge is 2.15. The quantitative estimate of drug-likeness (QED) is 0.731. The first-order valence-corrected chi connectivity index (χ1v) is 7.32. The second-order valence-corrected chi connectivity index (χ2v) is 5.53. The van der Waals surface area contributed by atoms with Crippen molar-refractivity contribution < 1.29 is 13.5 Å². The van der Waals surface area contributed by atoms with Crippen molar-refractivity contribution in [2.45, 2.75) is 11.3 Å². The van der Waals surface area contributed by atoms with Crippen LogP contribution in [-0.2, 0) is 10.0 Å². The van der Waals surface area contributed by atoms with Crippen molar-refractivity contribution in [2.24, 2.45) is 0 Å². The number of imidazole rings is 1. The molecule has 0 bridgehead atoms. The van der Waals surface area contributed by atoms with Crippen LogP contribution in [0.15, 0.2) is 41.6 Å². The molecule has 2 rings (SSSR count). The van der Waals surface area contributed by atoms with E-state index in [9.17, 15) is 8.42 Å². The van der Waals surface area contributed by atoms with Crippen LogP contribution >= 0.6 is 0 Å². The first-order valence-electron chi connectivity index (χ1n) is 5.84. The van der Waals surface area contributed by atoms with E-state index in [1.807, 2.05) is 0 Å². The molecule has 2 aromatic rings. The van der Waals surface area contributed by atoms with Gasteiger partial charge in [0.1, 0.15) is 0 Å². The van der Waals surface area contributed by atoms with Gasteiger partial charge in [0, 0.05) is 24.4 Å². The fourth-order valence-corrected chi connectivity index (χ4v) is 2.49. The topological polar surface area (TPSA) is 95.1 Å². The zero-order chi connectivity index (χ0) is 14.4. The second-order valence-electron chi connectivity index (χ2n) is 3.85. The van der Waals surface area contributed by atoms with E-state index in [2.05, 4.69) is 26.5 Å². The highest BCUT2D eigenvalue weighted by molar-refractivity contribution is 7.92. The normalized spacial score (nSPS) is 10.7. The number of rotatable bonds is 4. The molecule has 1 aromatic heterocycles. The maximum absolute atomic E-state index is 12.1. The van der Waals surface area contributed by atoms with Gasteiger partial charge in [-0.25, -0.2) is 18.1 Å². The molecule has 6 nitrogen and oxygen atoms in total. The molecular weight excluding hydrogens is 278 g/mol. The summed E-state index contributed by atoms with van der Waals surface area (Å²) in [7, 11) is -3.70. The number of benzene rings is 1. The maximum atomic E-state index is 12.1. The Hall–Kier alpha value is -2.30. The number of H-pyrrole nitrogens is 1. The molecule has 1 aromatic carbocycles. The fraction of sp³-hybridized carbons (Fsp3) is 0.154. The van der Waals surface area contributed by atoms with E-state index in [1.165, 1.54) is 24.5 Å². The molecule has 3 N–H and O–H groups in total. The lowest BCUT2D eigenvalue weighted by molar-refractivity contribution is 0.305. The molecule has 0 atom stereocenters. The summed E-state index contributed by atoms with van der Waals surface area (Å²) in [5, 5.41) is 8.65. The van der Waals surface area contributed by atoms with Gasteiger partial charge in [-0.15, -0.1) is 0 Å². The number of aliphatic hydroxyl groups excluding tert-OH is 1. The number of aromatic amines is 1. The third-order valence-electron chi connectivity index (χ3n) is 2.34. The molecular formula is C13H13N3O3S. The van der Waals surface area contributed by atoms with Crippen LogP contribution in [0.2, 0.25) is 0 Å². The number of anilines is 1. The zero-order valence-electron chi connectivity index (χ0n) is 10.5. The minimum Gasteiger partial charge on any atom is -0.395 e. The van der Waals surface area contributed by atoms with Gasteiger partial charge in [0.2, 0.25) is 5.95 Å². The minimum absolute atomic E-state index is 0.0228. The summed E-state index contributed by atoms with van der Waals surface area (Å²) >= 11 is 0. The van der Waals surface area contributed by atoms with Crippen LogP contribution in [0.1, 0.15) is 12.0 Å². The predicted molar refractivity (Wildman–Crippen MR) is 74.4 cm³/mol. The van der Waals surface area contributed by atoms with E-state index in [1.54, 1.807) is 12.1 Å². The molecule has 0 unspecified atom stereocenters. The molecule has 104 valence electrons. The number of aliphatic hydroxyl groups is 1. The number of nitrogens with one attached hydrogen (secondary N) is 2. The minimum atomic E-state index is -3.70. The van der Waals surface area contributed by atoms with Gasteiger partial charge < -0.3 is 10.1 Å². The van der Waals surface area contributed by atoms with Crippen molar-refractivity contribution in [1.82, 2.24) is 9.97 Å². The molecule has 0 aliphatic rings. The highest BCUT2D eigenvalue weighted by atomic mass is 32.2. The van der Waals surface area contributed by atoms with E-state index in [-0.39, 0.29) is 17.5 Å². The summed E-state index contributed by atoms with van der Waals surface area (Å²) in [6.07, 6.45) is 3.32. The van der Waals surface area contributed by atoms with Gasteiger partial charge in [-0.2, -0.15) is 0 Å². The number of hydrogen-bond acceptors (Lipinski definition) is 4. The average molecular weight is 291 g/mol. The third-order valence-corrected chi connectivity index (χ3v) is 3.68. The van der Waals surface area contributed by atoms with E-state index in [0.29, 0.717) is 12.0 Å². The zero-order valence-corrected chi connectivity index (χ0v) is 11.3. The molecule has 0 saturated carbocycles. The van der Waals surface area contributed by atoms with E-state index >= 15 is 0 Å². The average Bonchev–Trinajstić information content (AvgIpc) is 2.92. The molecule has 0 radical (unpaired) electrons. The number of hydrogen-bond donors (Lipinski definition) is 3. The molecule has 20 heavy (non-hydrogen) atoms. The summed E-state index contributed by atoms with van der Waals surface area (Å²) in [5.41, 5.74) is 0.570. The molecule has 1 heterocycles. The first kappa shape index (κ1) is 14.1. The highest BCUT2D eigenvalue weighted by Crippen LogP contribution is 2.14. The van der Waals surface area contributed by atoms with Gasteiger partial charge in [-0.05, 0) is 18.2 Å². The van der Waals surface area contributed by atoms with Gasteiger partial charge in [0.25, 0.3) is 10.0 Å². The maximum Gasteiger partial charge on any atom is 0.264 e. The van der Waals surface area contributed by atoms with Crippen LogP contribution in [0.5, 0.6) is 0 Å². The van der Waals surface area contributed by atoms with Gasteiger partial charge in [0.15, 0.2) is 0 Å². The monoisotopic (exact) mass is 291 g/mol. The third kappa shape index (κ3) is 3.60. The molecule has 0 spiro atoms. The summed E-state index contributed by atoms with van der Waals surface area (Å²) in [4.78, 5) is 6.57. The van der Waals surface area contributed by atoms with Crippen molar-refractivity contribution in [3.8, 4) is 11.8 Å². The molecule has 0 saturated heterocycles. The molecule has 7 heteroatoms. The second kappa shape index (κ2) is 6.23. The Kier molecular flexibility index (Phi) is 4.40. The Balaban J connectivity index is 2.24. The van der Waals surface area contributed by atoms with Gasteiger partial charge in [-0.3, -0.25) is 0 Å². The summed E-state index contributed by atoms with van der Waals surface area (Å²) in [5.74, 6) is 5.69. The smallest absolute Gasteiger partial charge is 0.264 e. The Morgan fingerprint density at radius 1 is 1.40 bits per heavy atom. The largest absolute Gasteiger partial charge is 0.395 e. The van der Waals surface area contributed by atoms with E-state index in [0.717, 1.165) is 0 Å². The number of aromatic nitrogens is 2. The van der Waals surface area contributed by atoms with Crippen LogP contribution in [0.25, 0.3) is 0 Å². The summed E-state index contributed by atoms with van der Waals surface area (Å²) in [6, 6.07) is 6.26. The number of nitrogens with zero attached hydrogens (tertiary/aromatic N) is 1. The van der Waals surface area contributed by atoms with Crippen LogP contribution in [0, 0.1) is 11.8 Å². The number of sulfonamides is 1. The fourth-order valence-electron chi connectivity index (χ4n) is 1.47. The van der Waals surface area contributed by atoms with Crippen LogP contribution in [0.4, 0.5) is 5.95 Å². The standard InChI is InChI=1S/C13H13N3O3S/c17-9-2-1-4-11-5-3-6-12(10-11)20(18,19)16-13-14-7-8-15-13/h3,5-8,10,17H,2,9H2,(H2,14,15,16). The van der Waals surface area contributed by atoms with Crippen LogP contribution in [0.3, 0.4) is 0 Å². The Morgan fingerprint density at radius 2 is 2.25 bits per heavy atom. The molecule has 0 aliphatic heterocycles. The lowest BCUT2D eigenvalue weighted by atomic mass is 10.2. The van der Waals surface area contributed by atoms with Crippen molar-refractivity contribution in [2.75, 3.05) is 11.3 Å². The molecule has 0 fully saturated rings. The van der Waals surface area contributed by atoms with E-state index in [4.69, 9.17) is 5.11 Å². The Labute approximate surface area is 116 Å². The summed E-state index contributed by atoms with van der Waals surface area (Å²) in [6.45, 7) is -0.0228. The lowest BCUT2D eigenvalue weighted by Crippen LogP contribution is -2.14. The van der Waals surface area contributed by atoms with Crippen molar-refractivity contribution >= 4 is 16.0 Å². The Bertz CT molecular complexity index is 728. The van der Waals surface area contributed by atoms with Crippen molar-refractivity contribution in [3.05, 3.63) is 42.2 Å². The Morgan fingerprint density at radius 3 is 2.95 bits per heavy atom. The van der Waals surface area contributed by atoms with E-state index < -0.39 is 10.0 Å². The lowest BCUT2D eigenvalue weighted by Gasteiger charge is -2.05. The van der Waals surface area contributed by atoms with Gasteiger partial charge in [-0.1, -0.05) is 17.9 Å². The predicted octanol–water partition coefficient (Wildman–Crippen LogP) is 0.944. The van der Waals surface area contributed by atoms with Crippen LogP contribution in [-0.4, -0.2) is 30.1 Å². The van der Waals surface area contributed by atoms with Crippen LogP contribution < -0.4 is 4.72 Å². The van der Waals surface area contributed by atoms with Gasteiger partial charge in [0.05, 0.1) is 11.5 Å². The van der Waals surface area contributed by atoms with Gasteiger partial charge >= 0.3 is 0 Å². The first-order chi connectivity index (χ1) is 9.62. The molecule has 0 aliphatic carbocycles. The molecule has 0 amide bonds.